The van der Waals surface area contributed by atoms with Gasteiger partial charge in [0.15, 0.2) is 0 Å². The minimum atomic E-state index is -0.520. The Kier molecular flexibility index (Phi) is 5.97. The zero-order valence-corrected chi connectivity index (χ0v) is 25.3. The largest absolute Gasteiger partial charge is 0.457 e. The summed E-state index contributed by atoms with van der Waals surface area (Å²) in [6.45, 7) is 0. The lowest BCUT2D eigenvalue weighted by Crippen LogP contribution is -2.34. The molecule has 9 rings (SSSR count). The van der Waals surface area contributed by atoms with Gasteiger partial charge in [-0.1, -0.05) is 152 Å². The summed E-state index contributed by atoms with van der Waals surface area (Å²) in [5.74, 6) is 1.77. The van der Waals surface area contributed by atoms with Crippen molar-refractivity contribution in [1.29, 1.82) is 0 Å². The summed E-state index contributed by atoms with van der Waals surface area (Å²) in [7, 11) is 0. The molecule has 8 aromatic rings. The van der Waals surface area contributed by atoms with Crippen molar-refractivity contribution in [3.63, 3.8) is 0 Å². The number of thiophene rings is 1. The topological polar surface area (TPSA) is 9.23 Å². The van der Waals surface area contributed by atoms with Crippen molar-refractivity contribution in [1.82, 2.24) is 0 Å². The molecular formula is C43H28OS. The summed E-state index contributed by atoms with van der Waals surface area (Å²) in [5, 5.41) is 2.62. The van der Waals surface area contributed by atoms with Gasteiger partial charge in [-0.3, -0.25) is 0 Å². The summed E-state index contributed by atoms with van der Waals surface area (Å²) in [5.41, 5.74) is 9.03. The number of fused-ring (bicyclic) bond motifs is 5. The average Bonchev–Trinajstić information content (AvgIpc) is 3.50. The third-order valence-electron chi connectivity index (χ3n) is 9.24. The zero-order chi connectivity index (χ0) is 29.8. The quantitative estimate of drug-likeness (QED) is 0.197. The van der Waals surface area contributed by atoms with Crippen molar-refractivity contribution in [2.24, 2.45) is 0 Å². The Morgan fingerprint density at radius 1 is 0.422 bits per heavy atom. The third kappa shape index (κ3) is 3.93. The van der Waals surface area contributed by atoms with Gasteiger partial charge in [-0.2, -0.15) is 0 Å². The van der Waals surface area contributed by atoms with Gasteiger partial charge in [0.05, 0.1) is 5.41 Å². The average molecular weight is 593 g/mol. The Morgan fingerprint density at radius 3 is 1.82 bits per heavy atom. The van der Waals surface area contributed by atoms with Gasteiger partial charge in [-0.25, -0.2) is 0 Å². The molecule has 1 aliphatic heterocycles. The molecule has 0 amide bonds. The summed E-state index contributed by atoms with van der Waals surface area (Å²) >= 11 is 1.87. The molecule has 2 heteroatoms. The second-order valence-corrected chi connectivity index (χ2v) is 12.7. The highest BCUT2D eigenvalue weighted by Crippen LogP contribution is 2.56. The summed E-state index contributed by atoms with van der Waals surface area (Å²) in [4.78, 5) is 0. The van der Waals surface area contributed by atoms with Gasteiger partial charge < -0.3 is 4.74 Å². The molecule has 0 radical (unpaired) electrons. The highest BCUT2D eigenvalue weighted by atomic mass is 32.1. The normalized spacial score (nSPS) is 13.2. The van der Waals surface area contributed by atoms with Gasteiger partial charge in [0.1, 0.15) is 11.5 Å². The molecule has 0 saturated carbocycles. The fraction of sp³-hybridized carbons (Fsp3) is 0.0233. The van der Waals surface area contributed by atoms with Gasteiger partial charge in [0.2, 0.25) is 0 Å². The van der Waals surface area contributed by atoms with E-state index < -0.39 is 5.41 Å². The molecule has 0 atom stereocenters. The molecule has 1 aromatic heterocycles. The molecule has 0 aliphatic carbocycles. The van der Waals surface area contributed by atoms with Crippen molar-refractivity contribution < 1.29 is 4.74 Å². The molecule has 7 aromatic carbocycles. The van der Waals surface area contributed by atoms with Gasteiger partial charge in [-0.05, 0) is 46.0 Å². The van der Waals surface area contributed by atoms with Crippen LogP contribution in [0.3, 0.4) is 0 Å². The van der Waals surface area contributed by atoms with Crippen molar-refractivity contribution in [3.05, 3.63) is 192 Å². The number of ether oxygens (including phenoxy) is 1. The first-order chi connectivity index (χ1) is 22.3. The molecule has 212 valence electrons. The summed E-state index contributed by atoms with van der Waals surface area (Å²) in [6.07, 6.45) is 0. The van der Waals surface area contributed by atoms with Crippen LogP contribution in [-0.2, 0) is 5.41 Å². The van der Waals surface area contributed by atoms with Crippen LogP contribution in [0.25, 0.3) is 42.4 Å². The van der Waals surface area contributed by atoms with Crippen LogP contribution in [0.15, 0.2) is 170 Å². The van der Waals surface area contributed by atoms with Crippen molar-refractivity contribution >= 4 is 31.5 Å². The van der Waals surface area contributed by atoms with Crippen LogP contribution in [-0.4, -0.2) is 0 Å². The lowest BCUT2D eigenvalue weighted by molar-refractivity contribution is 0.435. The molecule has 0 spiro atoms. The van der Waals surface area contributed by atoms with Crippen LogP contribution in [0.2, 0.25) is 0 Å². The van der Waals surface area contributed by atoms with E-state index in [0.717, 1.165) is 28.2 Å². The van der Waals surface area contributed by atoms with E-state index in [9.17, 15) is 0 Å². The lowest BCUT2D eigenvalue weighted by atomic mass is 9.63. The van der Waals surface area contributed by atoms with Gasteiger partial charge in [0.25, 0.3) is 0 Å². The Labute approximate surface area is 266 Å². The maximum atomic E-state index is 6.80. The molecule has 0 N–H and O–H groups in total. The Hall–Kier alpha value is -5.44. The molecule has 0 saturated heterocycles. The number of rotatable bonds is 4. The predicted octanol–water partition coefficient (Wildman–Crippen LogP) is 11.9. The second kappa shape index (κ2) is 10.3. The van der Waals surface area contributed by atoms with E-state index in [-0.39, 0.29) is 0 Å². The lowest BCUT2D eigenvalue weighted by Gasteiger charge is -2.41. The first kappa shape index (κ1) is 26.0. The van der Waals surface area contributed by atoms with E-state index >= 15 is 0 Å². The molecule has 1 aliphatic rings. The van der Waals surface area contributed by atoms with Crippen LogP contribution in [0, 0.1) is 0 Å². The van der Waals surface area contributed by atoms with Crippen molar-refractivity contribution in [3.8, 4) is 33.8 Å². The highest BCUT2D eigenvalue weighted by Gasteiger charge is 2.45. The minimum Gasteiger partial charge on any atom is -0.457 e. The molecule has 45 heavy (non-hydrogen) atoms. The standard InChI is InChI=1S/C43H28OS/c1-3-14-30(15-4-1)43(31-16-5-2-6-17-31)37-23-10-11-24-39(37)44-40-28-29(26-27-38(40)43)32-18-7-8-19-33(32)35-21-13-22-36-34-20-9-12-25-41(34)45-42(35)36/h1-28H. The smallest absolute Gasteiger partial charge is 0.132 e. The van der Waals surface area contributed by atoms with E-state index in [0.29, 0.717) is 0 Å². The molecule has 1 nitrogen and oxygen atoms in total. The van der Waals surface area contributed by atoms with Crippen LogP contribution in [0.4, 0.5) is 0 Å². The van der Waals surface area contributed by atoms with Crippen LogP contribution >= 0.6 is 11.3 Å². The number of hydrogen-bond acceptors (Lipinski definition) is 2. The Balaban J connectivity index is 1.28. The van der Waals surface area contributed by atoms with E-state index in [1.807, 2.05) is 11.3 Å². The molecule has 0 fully saturated rings. The first-order valence-electron chi connectivity index (χ1n) is 15.4. The summed E-state index contributed by atoms with van der Waals surface area (Å²) < 4.78 is 9.43. The van der Waals surface area contributed by atoms with Gasteiger partial charge in [-0.15, -0.1) is 11.3 Å². The van der Waals surface area contributed by atoms with Crippen molar-refractivity contribution in [2.45, 2.75) is 5.41 Å². The van der Waals surface area contributed by atoms with Crippen LogP contribution < -0.4 is 4.74 Å². The Bertz CT molecular complexity index is 2310. The first-order valence-corrected chi connectivity index (χ1v) is 16.2. The maximum absolute atomic E-state index is 6.80. The Morgan fingerprint density at radius 2 is 1.02 bits per heavy atom. The van der Waals surface area contributed by atoms with Crippen molar-refractivity contribution in [2.75, 3.05) is 0 Å². The zero-order valence-electron chi connectivity index (χ0n) is 24.5. The third-order valence-corrected chi connectivity index (χ3v) is 10.5. The monoisotopic (exact) mass is 592 g/mol. The van der Waals surface area contributed by atoms with Gasteiger partial charge in [0, 0.05) is 36.9 Å². The van der Waals surface area contributed by atoms with E-state index in [4.69, 9.17) is 4.74 Å². The van der Waals surface area contributed by atoms with E-state index in [1.54, 1.807) is 0 Å². The fourth-order valence-electron chi connectivity index (χ4n) is 7.31. The minimum absolute atomic E-state index is 0.520. The second-order valence-electron chi connectivity index (χ2n) is 11.6. The van der Waals surface area contributed by atoms with Crippen LogP contribution in [0.5, 0.6) is 11.5 Å². The predicted molar refractivity (Wildman–Crippen MR) is 189 cm³/mol. The molecular weight excluding hydrogens is 565 g/mol. The van der Waals surface area contributed by atoms with E-state index in [1.165, 1.54) is 48.0 Å². The SMILES string of the molecule is c1ccc(C2(c3ccccc3)c3ccccc3Oc3cc(-c4ccccc4-c4cccc5c4sc4ccccc45)ccc32)cc1. The molecule has 2 heterocycles. The van der Waals surface area contributed by atoms with Gasteiger partial charge >= 0.3 is 0 Å². The number of para-hydroxylation sites is 1. The number of benzene rings is 7. The molecule has 0 unspecified atom stereocenters. The summed E-state index contributed by atoms with van der Waals surface area (Å²) in [6, 6.07) is 61.2. The molecule has 0 bridgehead atoms. The number of hydrogen-bond donors (Lipinski definition) is 0. The maximum Gasteiger partial charge on any atom is 0.132 e. The highest BCUT2D eigenvalue weighted by molar-refractivity contribution is 7.26. The van der Waals surface area contributed by atoms with E-state index in [2.05, 4.69) is 170 Å². The van der Waals surface area contributed by atoms with Crippen LogP contribution in [0.1, 0.15) is 22.3 Å². The fourth-order valence-corrected chi connectivity index (χ4v) is 8.54.